The minimum absolute atomic E-state index is 0.0660. The average molecular weight is 777 g/mol. The Bertz CT molecular complexity index is 1090. The van der Waals surface area contributed by atoms with Crippen LogP contribution in [0.5, 0.6) is 0 Å². The van der Waals surface area contributed by atoms with Crippen molar-refractivity contribution in [3.63, 3.8) is 0 Å². The Morgan fingerprint density at radius 2 is 1.26 bits per heavy atom. The summed E-state index contributed by atoms with van der Waals surface area (Å²) >= 11 is 0. The van der Waals surface area contributed by atoms with Crippen LogP contribution in [0.3, 0.4) is 0 Å². The highest BCUT2D eigenvalue weighted by molar-refractivity contribution is 7.47. The smallest absolute Gasteiger partial charge is 0.462 e. The van der Waals surface area contributed by atoms with E-state index in [1.165, 1.54) is 25.3 Å². The summed E-state index contributed by atoms with van der Waals surface area (Å²) in [7, 11) is -4.71. The van der Waals surface area contributed by atoms with E-state index in [2.05, 4.69) is 25.3 Å². The molecule has 0 fully saturated rings. The summed E-state index contributed by atoms with van der Waals surface area (Å²) in [6.07, 6.45) is 20.5. The van der Waals surface area contributed by atoms with Crippen LogP contribution >= 0.6 is 7.82 Å². The zero-order valence-corrected chi connectivity index (χ0v) is 33.1. The van der Waals surface area contributed by atoms with Crippen LogP contribution in [0.15, 0.2) is 48.6 Å². The van der Waals surface area contributed by atoms with Gasteiger partial charge in [-0.05, 0) is 31.6 Å². The van der Waals surface area contributed by atoms with E-state index in [0.29, 0.717) is 6.42 Å². The maximum absolute atomic E-state index is 12.6. The summed E-state index contributed by atoms with van der Waals surface area (Å²) in [6, 6.07) is 0. The number of phosphoric acid groups is 1. The van der Waals surface area contributed by atoms with Gasteiger partial charge in [0, 0.05) is 12.8 Å². The lowest BCUT2D eigenvalue weighted by Gasteiger charge is -2.20. The molecule has 0 bridgehead atoms. The molecule has 0 saturated carbocycles. The molecule has 0 aliphatic rings. The molecule has 0 spiro atoms. The first kappa shape index (κ1) is 50.8. The SMILES string of the molecule is CCCCC[C@H](O)/C=C/C=C\C=C\C=C\[C@H](O)[C@@H](O)CCCC(=O)O[C@H](COC(=O)CCCCCCCCC(C)CC)COP(=O)(O)OC[C@@H](O)CO. The number of aliphatic hydroxyl groups excluding tert-OH is 5. The number of phosphoric ester groups is 1. The van der Waals surface area contributed by atoms with E-state index in [-0.39, 0.29) is 25.7 Å². The van der Waals surface area contributed by atoms with Crippen LogP contribution in [0.25, 0.3) is 0 Å². The standard InChI is InChI=1S/C39H69O13P/c1-4-6-15-22-33(41)23-17-12-8-9-13-18-24-36(43)37(44)25-20-27-39(46)52-35(31-51-53(47,48)50-29-34(42)28-40)30-49-38(45)26-19-14-10-7-11-16-21-32(3)5-2/h8-9,12-13,17-18,23-24,32-37,40-44H,4-7,10-11,14-16,19-22,25-31H2,1-3H3,(H,47,48)/b12-8-,13-9+,23-17+,24-18+/t32?,33-,34-,35+,36-,37-/m0/s1. The maximum Gasteiger partial charge on any atom is 0.472 e. The van der Waals surface area contributed by atoms with E-state index in [4.69, 9.17) is 19.1 Å². The lowest BCUT2D eigenvalue weighted by Crippen LogP contribution is -2.30. The molecule has 0 saturated heterocycles. The van der Waals surface area contributed by atoms with E-state index < -0.39 is 76.7 Å². The molecule has 0 aliphatic carbocycles. The fraction of sp³-hybridized carbons (Fsp3) is 0.744. The van der Waals surface area contributed by atoms with Crippen LogP contribution in [-0.4, -0.2) is 99.3 Å². The van der Waals surface area contributed by atoms with Crippen molar-refractivity contribution in [2.45, 2.75) is 154 Å². The number of ether oxygens (including phenoxy) is 2. The molecule has 7 atom stereocenters. The molecule has 2 unspecified atom stereocenters. The Morgan fingerprint density at radius 1 is 0.679 bits per heavy atom. The third-order valence-electron chi connectivity index (χ3n) is 8.39. The fourth-order valence-corrected chi connectivity index (χ4v) is 5.61. The zero-order chi connectivity index (χ0) is 39.7. The molecular weight excluding hydrogens is 707 g/mol. The Balaban J connectivity index is 4.76. The monoisotopic (exact) mass is 776 g/mol. The molecule has 0 aromatic rings. The van der Waals surface area contributed by atoms with Gasteiger partial charge in [-0.1, -0.05) is 134 Å². The summed E-state index contributed by atoms with van der Waals surface area (Å²) in [4.78, 5) is 34.8. The molecule has 6 N–H and O–H groups in total. The van der Waals surface area contributed by atoms with Crippen molar-refractivity contribution < 1.29 is 63.1 Å². The molecule has 308 valence electrons. The Hall–Kier alpha value is -2.19. The number of esters is 2. The van der Waals surface area contributed by atoms with Crippen molar-refractivity contribution in [1.82, 2.24) is 0 Å². The van der Waals surface area contributed by atoms with Crippen LogP contribution < -0.4 is 0 Å². The Morgan fingerprint density at radius 3 is 1.92 bits per heavy atom. The van der Waals surface area contributed by atoms with Crippen molar-refractivity contribution in [2.24, 2.45) is 5.92 Å². The lowest BCUT2D eigenvalue weighted by molar-refractivity contribution is -0.161. The number of carbonyl (C=O) groups excluding carboxylic acids is 2. The number of hydrogen-bond donors (Lipinski definition) is 6. The Labute approximate surface area is 317 Å². The first-order chi connectivity index (χ1) is 25.3. The topological polar surface area (TPSA) is 210 Å². The molecule has 14 heteroatoms. The molecule has 0 heterocycles. The van der Waals surface area contributed by atoms with Crippen molar-refractivity contribution >= 4 is 19.8 Å². The van der Waals surface area contributed by atoms with Gasteiger partial charge >= 0.3 is 19.8 Å². The zero-order valence-electron chi connectivity index (χ0n) is 32.2. The van der Waals surface area contributed by atoms with Crippen molar-refractivity contribution in [2.75, 3.05) is 26.4 Å². The predicted molar refractivity (Wildman–Crippen MR) is 205 cm³/mol. The second kappa shape index (κ2) is 33.2. The van der Waals surface area contributed by atoms with Gasteiger partial charge in [-0.3, -0.25) is 18.6 Å². The predicted octanol–water partition coefficient (Wildman–Crippen LogP) is 6.15. The number of aliphatic hydroxyl groups is 5. The number of unbranched alkanes of at least 4 members (excludes halogenated alkanes) is 7. The summed E-state index contributed by atoms with van der Waals surface area (Å²) in [5.41, 5.74) is 0. The average Bonchev–Trinajstić information content (AvgIpc) is 3.13. The molecule has 0 radical (unpaired) electrons. The van der Waals surface area contributed by atoms with Gasteiger partial charge in [0.05, 0.1) is 38.1 Å². The minimum atomic E-state index is -4.71. The van der Waals surface area contributed by atoms with Gasteiger partial charge in [0.2, 0.25) is 0 Å². The fourth-order valence-electron chi connectivity index (χ4n) is 4.82. The highest BCUT2D eigenvalue weighted by Crippen LogP contribution is 2.43. The van der Waals surface area contributed by atoms with Gasteiger partial charge in [-0.25, -0.2) is 4.57 Å². The number of rotatable bonds is 34. The van der Waals surface area contributed by atoms with Crippen LogP contribution in [-0.2, 0) is 32.7 Å². The van der Waals surface area contributed by atoms with Gasteiger partial charge in [0.1, 0.15) is 12.7 Å². The molecule has 0 aliphatic heterocycles. The lowest BCUT2D eigenvalue weighted by atomic mass is 10.00. The highest BCUT2D eigenvalue weighted by atomic mass is 31.2. The van der Waals surface area contributed by atoms with Gasteiger partial charge in [0.25, 0.3) is 0 Å². The van der Waals surface area contributed by atoms with Crippen LogP contribution in [0.2, 0.25) is 0 Å². The normalized spacial score (nSPS) is 16.9. The van der Waals surface area contributed by atoms with Crippen molar-refractivity contribution in [3.05, 3.63) is 48.6 Å². The summed E-state index contributed by atoms with van der Waals surface area (Å²) in [5.74, 6) is -0.521. The van der Waals surface area contributed by atoms with Crippen LogP contribution in [0.4, 0.5) is 0 Å². The van der Waals surface area contributed by atoms with Crippen LogP contribution in [0.1, 0.15) is 124 Å². The maximum atomic E-state index is 12.6. The number of allylic oxidation sites excluding steroid dienone is 6. The summed E-state index contributed by atoms with van der Waals surface area (Å²) < 4.78 is 32.3. The van der Waals surface area contributed by atoms with E-state index >= 15 is 0 Å². The van der Waals surface area contributed by atoms with Gasteiger partial charge in [-0.15, -0.1) is 0 Å². The van der Waals surface area contributed by atoms with E-state index in [1.54, 1.807) is 42.5 Å². The van der Waals surface area contributed by atoms with Crippen LogP contribution in [0, 0.1) is 5.92 Å². The molecule has 53 heavy (non-hydrogen) atoms. The molecule has 0 rings (SSSR count). The quantitative estimate of drug-likeness (QED) is 0.0188. The number of carbonyl (C=O) groups is 2. The third kappa shape index (κ3) is 31.8. The van der Waals surface area contributed by atoms with E-state index in [0.717, 1.165) is 57.3 Å². The molecule has 13 nitrogen and oxygen atoms in total. The molecule has 0 aromatic carbocycles. The second-order valence-corrected chi connectivity index (χ2v) is 14.9. The summed E-state index contributed by atoms with van der Waals surface area (Å²) in [6.45, 7) is 4.09. The first-order valence-electron chi connectivity index (χ1n) is 19.3. The molecule has 0 amide bonds. The highest BCUT2D eigenvalue weighted by Gasteiger charge is 2.27. The van der Waals surface area contributed by atoms with Gasteiger partial charge in [-0.2, -0.15) is 0 Å². The van der Waals surface area contributed by atoms with Gasteiger partial charge < -0.3 is 39.9 Å². The largest absolute Gasteiger partial charge is 0.472 e. The molecular formula is C39H69O13P. The minimum Gasteiger partial charge on any atom is -0.462 e. The van der Waals surface area contributed by atoms with Crippen molar-refractivity contribution in [3.8, 4) is 0 Å². The Kier molecular flexibility index (Phi) is 31.8. The van der Waals surface area contributed by atoms with E-state index in [1.807, 2.05) is 0 Å². The second-order valence-electron chi connectivity index (χ2n) is 13.4. The molecule has 0 aromatic heterocycles. The number of hydrogen-bond acceptors (Lipinski definition) is 12. The van der Waals surface area contributed by atoms with Crippen molar-refractivity contribution in [1.29, 1.82) is 0 Å². The third-order valence-corrected chi connectivity index (χ3v) is 9.34. The summed E-state index contributed by atoms with van der Waals surface area (Å²) in [5, 5.41) is 48.7. The van der Waals surface area contributed by atoms with Gasteiger partial charge in [0.15, 0.2) is 6.10 Å². The van der Waals surface area contributed by atoms with E-state index in [9.17, 15) is 39.5 Å². The first-order valence-corrected chi connectivity index (χ1v) is 20.8.